The summed E-state index contributed by atoms with van der Waals surface area (Å²) >= 11 is 0. The zero-order valence-corrected chi connectivity index (χ0v) is 8.26. The summed E-state index contributed by atoms with van der Waals surface area (Å²) in [4.78, 5) is 12.3. The third kappa shape index (κ3) is 3.69. The molecule has 1 rings (SSSR count). The first-order valence-electron chi connectivity index (χ1n) is 4.63. The fourth-order valence-electron chi connectivity index (χ4n) is 1.29. The highest BCUT2D eigenvalue weighted by Gasteiger charge is 2.09. The average molecular weight is 204 g/mol. The first kappa shape index (κ1) is 11.1. The van der Waals surface area contributed by atoms with E-state index in [2.05, 4.69) is 0 Å². The van der Waals surface area contributed by atoms with Gasteiger partial charge in [-0.3, -0.25) is 4.79 Å². The molecule has 78 valence electrons. The predicted octanol–water partition coefficient (Wildman–Crippen LogP) is 1.49. The van der Waals surface area contributed by atoms with Crippen molar-refractivity contribution in [2.24, 2.45) is 0 Å². The summed E-state index contributed by atoms with van der Waals surface area (Å²) in [5.41, 5.74) is 0.829. The van der Waals surface area contributed by atoms with Gasteiger partial charge in [0, 0.05) is 12.2 Å². The minimum Gasteiger partial charge on any atom is -0.480 e. The second-order valence-electron chi connectivity index (χ2n) is 3.06. The molecule has 0 saturated carbocycles. The second-order valence-corrected chi connectivity index (χ2v) is 3.06. The minimum atomic E-state index is -0.892. The van der Waals surface area contributed by atoms with E-state index in [9.17, 15) is 4.79 Å². The van der Waals surface area contributed by atoms with Gasteiger partial charge in [-0.1, -0.05) is 18.2 Å². The van der Waals surface area contributed by atoms with Gasteiger partial charge in [0.25, 0.3) is 0 Å². The van der Waals surface area contributed by atoms with E-state index < -0.39 is 5.97 Å². The molecule has 0 aliphatic carbocycles. The highest BCUT2D eigenvalue weighted by molar-refractivity contribution is 5.73. The quantitative estimate of drug-likeness (QED) is 0.789. The lowest BCUT2D eigenvalue weighted by Crippen LogP contribution is -2.30. The Morgan fingerprint density at radius 2 is 2.07 bits per heavy atom. The lowest BCUT2D eigenvalue weighted by molar-refractivity contribution is -0.135. The molecule has 0 unspecified atom stereocenters. The summed E-state index contributed by atoms with van der Waals surface area (Å²) in [6.07, 6.45) is 0.322. The molecule has 4 heteroatoms. The number of nitrogens with zero attached hydrogens (tertiary/aromatic N) is 2. The number of nitriles is 1. The topological polar surface area (TPSA) is 64.3 Å². The van der Waals surface area contributed by atoms with Crippen molar-refractivity contribution in [2.45, 2.75) is 6.42 Å². The molecule has 4 nitrogen and oxygen atoms in total. The largest absolute Gasteiger partial charge is 0.480 e. The van der Waals surface area contributed by atoms with Crippen LogP contribution in [0, 0.1) is 11.3 Å². The number of carboxylic acid groups (broad SMARTS) is 1. The summed E-state index contributed by atoms with van der Waals surface area (Å²) in [6.45, 7) is 0.360. The van der Waals surface area contributed by atoms with Gasteiger partial charge in [0.15, 0.2) is 0 Å². The summed E-state index contributed by atoms with van der Waals surface area (Å²) in [7, 11) is 0. The van der Waals surface area contributed by atoms with E-state index >= 15 is 0 Å². The Labute approximate surface area is 88.4 Å². The molecular weight excluding hydrogens is 192 g/mol. The predicted molar refractivity (Wildman–Crippen MR) is 56.5 cm³/mol. The molecule has 0 atom stereocenters. The number of aliphatic carboxylic acids is 1. The first-order chi connectivity index (χ1) is 7.24. The van der Waals surface area contributed by atoms with Crippen LogP contribution in [-0.4, -0.2) is 24.2 Å². The maximum Gasteiger partial charge on any atom is 0.323 e. The van der Waals surface area contributed by atoms with E-state index in [1.165, 1.54) is 0 Å². The van der Waals surface area contributed by atoms with Crippen LogP contribution in [0.3, 0.4) is 0 Å². The Balaban J connectivity index is 2.72. The van der Waals surface area contributed by atoms with Crippen LogP contribution in [0.5, 0.6) is 0 Å². The van der Waals surface area contributed by atoms with Crippen molar-refractivity contribution in [1.29, 1.82) is 5.26 Å². The van der Waals surface area contributed by atoms with E-state index in [0.717, 1.165) is 5.69 Å². The lowest BCUT2D eigenvalue weighted by Gasteiger charge is -2.21. The Morgan fingerprint density at radius 1 is 1.40 bits per heavy atom. The van der Waals surface area contributed by atoms with E-state index in [1.54, 1.807) is 4.90 Å². The zero-order chi connectivity index (χ0) is 11.1. The number of rotatable bonds is 5. The van der Waals surface area contributed by atoms with Gasteiger partial charge in [-0.15, -0.1) is 0 Å². The number of hydrogen-bond donors (Lipinski definition) is 1. The maximum absolute atomic E-state index is 10.6. The SMILES string of the molecule is N#CCCN(CC(=O)O)c1ccccc1. The molecule has 0 aliphatic heterocycles. The molecule has 0 bridgehead atoms. The van der Waals surface area contributed by atoms with Crippen molar-refractivity contribution in [3.05, 3.63) is 30.3 Å². The van der Waals surface area contributed by atoms with E-state index in [-0.39, 0.29) is 6.54 Å². The second kappa shape index (κ2) is 5.66. The van der Waals surface area contributed by atoms with Crippen molar-refractivity contribution < 1.29 is 9.90 Å². The van der Waals surface area contributed by atoms with E-state index in [4.69, 9.17) is 10.4 Å². The van der Waals surface area contributed by atoms with E-state index in [1.807, 2.05) is 36.4 Å². The first-order valence-corrected chi connectivity index (χ1v) is 4.63. The van der Waals surface area contributed by atoms with Crippen molar-refractivity contribution in [1.82, 2.24) is 0 Å². The van der Waals surface area contributed by atoms with Gasteiger partial charge >= 0.3 is 5.97 Å². The van der Waals surface area contributed by atoms with Gasteiger partial charge in [-0.05, 0) is 12.1 Å². The van der Waals surface area contributed by atoms with Crippen molar-refractivity contribution in [3.63, 3.8) is 0 Å². The van der Waals surface area contributed by atoms with Crippen LogP contribution in [0.25, 0.3) is 0 Å². The van der Waals surface area contributed by atoms with Crippen LogP contribution in [0.2, 0.25) is 0 Å². The smallest absolute Gasteiger partial charge is 0.323 e. The molecule has 0 aliphatic rings. The molecule has 0 fully saturated rings. The molecule has 1 N–H and O–H groups in total. The maximum atomic E-state index is 10.6. The van der Waals surface area contributed by atoms with Crippen molar-refractivity contribution >= 4 is 11.7 Å². The van der Waals surface area contributed by atoms with Crippen LogP contribution in [0.1, 0.15) is 6.42 Å². The lowest BCUT2D eigenvalue weighted by atomic mass is 10.2. The molecule has 0 radical (unpaired) electrons. The van der Waals surface area contributed by atoms with Crippen LogP contribution in [0.15, 0.2) is 30.3 Å². The van der Waals surface area contributed by atoms with Crippen molar-refractivity contribution in [3.8, 4) is 6.07 Å². The summed E-state index contributed by atoms with van der Waals surface area (Å²) in [6, 6.07) is 11.2. The zero-order valence-electron chi connectivity index (χ0n) is 8.26. The number of carboxylic acids is 1. The molecule has 15 heavy (non-hydrogen) atoms. The highest BCUT2D eigenvalue weighted by Crippen LogP contribution is 2.12. The Hall–Kier alpha value is -2.02. The van der Waals surface area contributed by atoms with Crippen LogP contribution >= 0.6 is 0 Å². The Morgan fingerprint density at radius 3 is 2.60 bits per heavy atom. The van der Waals surface area contributed by atoms with Crippen molar-refractivity contribution in [2.75, 3.05) is 18.0 Å². The van der Waals surface area contributed by atoms with Gasteiger partial charge in [0.05, 0.1) is 12.5 Å². The minimum absolute atomic E-state index is 0.0777. The standard InChI is InChI=1S/C11H12N2O2/c12-7-4-8-13(9-11(14)15)10-5-2-1-3-6-10/h1-3,5-6H,4,8-9H2,(H,14,15). The average Bonchev–Trinajstić information content (AvgIpc) is 2.25. The molecule has 0 aromatic heterocycles. The molecule has 0 spiro atoms. The molecule has 0 heterocycles. The number of hydrogen-bond acceptors (Lipinski definition) is 3. The third-order valence-electron chi connectivity index (χ3n) is 1.94. The van der Waals surface area contributed by atoms with Crippen LogP contribution < -0.4 is 4.90 Å². The normalized spacial score (nSPS) is 9.27. The van der Waals surface area contributed by atoms with Gasteiger partial charge in [-0.25, -0.2) is 0 Å². The third-order valence-corrected chi connectivity index (χ3v) is 1.94. The summed E-state index contributed by atoms with van der Waals surface area (Å²) < 4.78 is 0. The van der Waals surface area contributed by atoms with Crippen LogP contribution in [-0.2, 0) is 4.79 Å². The van der Waals surface area contributed by atoms with Gasteiger partial charge in [0.2, 0.25) is 0 Å². The fraction of sp³-hybridized carbons (Fsp3) is 0.273. The molecule has 1 aromatic carbocycles. The van der Waals surface area contributed by atoms with E-state index in [0.29, 0.717) is 13.0 Å². The van der Waals surface area contributed by atoms with Gasteiger partial charge in [0.1, 0.15) is 6.54 Å². The molecule has 0 saturated heterocycles. The van der Waals surface area contributed by atoms with Gasteiger partial charge in [-0.2, -0.15) is 5.26 Å². The summed E-state index contributed by atoms with van der Waals surface area (Å²) in [5, 5.41) is 17.2. The number of benzene rings is 1. The summed E-state index contributed by atoms with van der Waals surface area (Å²) in [5.74, 6) is -0.892. The number of carbonyl (C=O) groups is 1. The molecule has 1 aromatic rings. The van der Waals surface area contributed by atoms with Gasteiger partial charge < -0.3 is 10.0 Å². The highest BCUT2D eigenvalue weighted by atomic mass is 16.4. The molecular formula is C11H12N2O2. The number of para-hydroxylation sites is 1. The fourth-order valence-corrected chi connectivity index (χ4v) is 1.29. The van der Waals surface area contributed by atoms with Crippen LogP contribution in [0.4, 0.5) is 5.69 Å². The number of anilines is 1. The Bertz CT molecular complexity index is 357. The molecule has 0 amide bonds. The monoisotopic (exact) mass is 204 g/mol. The Kier molecular flexibility index (Phi) is 4.17.